The van der Waals surface area contributed by atoms with Gasteiger partial charge >= 0.3 is 0 Å². The number of aliphatic imine (C=N–C) groups is 1. The maximum Gasteiger partial charge on any atom is 0.191 e. The van der Waals surface area contributed by atoms with Crippen molar-refractivity contribution in [3.63, 3.8) is 0 Å². The molecule has 1 saturated heterocycles. The zero-order valence-corrected chi connectivity index (χ0v) is 18.9. The lowest BCUT2D eigenvalue weighted by Gasteiger charge is -2.31. The Morgan fingerprint density at radius 1 is 1.17 bits per heavy atom. The Kier molecular flexibility index (Phi) is 8.50. The summed E-state index contributed by atoms with van der Waals surface area (Å²) >= 11 is 1.75. The highest BCUT2D eigenvalue weighted by atomic mass is 32.1. The molecule has 0 bridgehead atoms. The van der Waals surface area contributed by atoms with E-state index in [0.717, 1.165) is 56.7 Å². The zero-order valence-electron chi connectivity index (χ0n) is 18.1. The molecule has 1 fully saturated rings. The van der Waals surface area contributed by atoms with Crippen LogP contribution in [-0.4, -0.2) is 42.0 Å². The fraction of sp³-hybridized carbons (Fsp3) is 0.565. The largest absolute Gasteiger partial charge is 0.357 e. The molecule has 1 aromatic heterocycles. The van der Waals surface area contributed by atoms with E-state index in [1.807, 2.05) is 0 Å². The number of rotatable bonds is 8. The van der Waals surface area contributed by atoms with Crippen molar-refractivity contribution in [1.82, 2.24) is 20.5 Å². The minimum atomic E-state index is 0.704. The molecule has 29 heavy (non-hydrogen) atoms. The summed E-state index contributed by atoms with van der Waals surface area (Å²) in [5.41, 5.74) is 3.92. The number of hydrogen-bond acceptors (Lipinski definition) is 4. The second kappa shape index (κ2) is 11.3. The maximum absolute atomic E-state index is 4.83. The molecule has 0 saturated carbocycles. The number of aromatic nitrogens is 1. The van der Waals surface area contributed by atoms with Gasteiger partial charge in [-0.05, 0) is 63.2 Å². The van der Waals surface area contributed by atoms with Gasteiger partial charge in [0.05, 0.1) is 17.2 Å². The molecular formula is C23H35N5S. The predicted octanol–water partition coefficient (Wildman–Crippen LogP) is 3.98. The van der Waals surface area contributed by atoms with Crippen LogP contribution in [0.15, 0.2) is 34.6 Å². The van der Waals surface area contributed by atoms with Gasteiger partial charge < -0.3 is 10.6 Å². The van der Waals surface area contributed by atoms with Crippen molar-refractivity contribution in [2.24, 2.45) is 10.9 Å². The Morgan fingerprint density at radius 3 is 2.59 bits per heavy atom. The van der Waals surface area contributed by atoms with Crippen LogP contribution < -0.4 is 10.6 Å². The number of piperidine rings is 1. The van der Waals surface area contributed by atoms with Gasteiger partial charge in [-0.2, -0.15) is 0 Å². The normalized spacial score (nSPS) is 16.2. The highest BCUT2D eigenvalue weighted by Crippen LogP contribution is 2.19. The minimum absolute atomic E-state index is 0.704. The minimum Gasteiger partial charge on any atom is -0.357 e. The van der Waals surface area contributed by atoms with Crippen molar-refractivity contribution in [1.29, 1.82) is 0 Å². The number of thiazole rings is 1. The van der Waals surface area contributed by atoms with E-state index >= 15 is 0 Å². The number of aryl methyl sites for hydroxylation is 2. The van der Waals surface area contributed by atoms with E-state index in [-0.39, 0.29) is 0 Å². The summed E-state index contributed by atoms with van der Waals surface area (Å²) in [4.78, 5) is 12.0. The smallest absolute Gasteiger partial charge is 0.191 e. The zero-order chi connectivity index (χ0) is 20.5. The van der Waals surface area contributed by atoms with Gasteiger partial charge in [-0.1, -0.05) is 31.2 Å². The fourth-order valence-electron chi connectivity index (χ4n) is 3.86. The highest BCUT2D eigenvalue weighted by Gasteiger charge is 2.20. The molecule has 2 N–H and O–H groups in total. The Labute approximate surface area is 179 Å². The standard InChI is InChI=1S/C23H35N5S/c1-4-20-8-6-7-9-21(20)15-26-23(24-5-2)25-14-19-10-12-28(13-11-19)16-22-17-29-18(3)27-22/h6-9,17,19H,4-5,10-16H2,1-3H3,(H2,24,25,26). The van der Waals surface area contributed by atoms with E-state index in [9.17, 15) is 0 Å². The van der Waals surface area contributed by atoms with E-state index < -0.39 is 0 Å². The van der Waals surface area contributed by atoms with Gasteiger partial charge in [-0.3, -0.25) is 4.90 Å². The van der Waals surface area contributed by atoms with Gasteiger partial charge in [0.2, 0.25) is 0 Å². The molecule has 0 amide bonds. The summed E-state index contributed by atoms with van der Waals surface area (Å²) in [5.74, 6) is 1.63. The Hall–Kier alpha value is -1.92. The van der Waals surface area contributed by atoms with Gasteiger partial charge in [-0.15, -0.1) is 11.3 Å². The van der Waals surface area contributed by atoms with Crippen molar-refractivity contribution >= 4 is 17.3 Å². The molecule has 2 heterocycles. The third-order valence-corrected chi connectivity index (χ3v) is 6.39. The number of guanidine groups is 1. The topological polar surface area (TPSA) is 52.6 Å². The van der Waals surface area contributed by atoms with Crippen LogP contribution in [0.1, 0.15) is 48.5 Å². The fourth-order valence-corrected chi connectivity index (χ4v) is 4.47. The first-order valence-electron chi connectivity index (χ1n) is 10.9. The lowest BCUT2D eigenvalue weighted by atomic mass is 9.97. The SMILES string of the molecule is CCNC(=NCc1ccccc1CC)NCC1CCN(Cc2csc(C)n2)CC1. The van der Waals surface area contributed by atoms with E-state index in [1.165, 1.54) is 29.7 Å². The Bertz CT molecular complexity index is 777. The first-order valence-corrected chi connectivity index (χ1v) is 11.8. The molecule has 158 valence electrons. The molecule has 2 aromatic rings. The number of hydrogen-bond donors (Lipinski definition) is 2. The van der Waals surface area contributed by atoms with E-state index in [1.54, 1.807) is 11.3 Å². The molecule has 3 rings (SSSR count). The maximum atomic E-state index is 4.83. The van der Waals surface area contributed by atoms with Gasteiger partial charge in [-0.25, -0.2) is 9.98 Å². The number of likely N-dealkylation sites (tertiary alicyclic amines) is 1. The van der Waals surface area contributed by atoms with E-state index in [0.29, 0.717) is 5.92 Å². The highest BCUT2D eigenvalue weighted by molar-refractivity contribution is 7.09. The molecule has 1 aliphatic heterocycles. The molecule has 0 aliphatic carbocycles. The molecule has 0 radical (unpaired) electrons. The molecule has 5 nitrogen and oxygen atoms in total. The summed E-state index contributed by atoms with van der Waals surface area (Å²) in [7, 11) is 0. The number of nitrogens with zero attached hydrogens (tertiary/aromatic N) is 3. The number of nitrogens with one attached hydrogen (secondary N) is 2. The van der Waals surface area contributed by atoms with Gasteiger partial charge in [0.15, 0.2) is 5.96 Å². The summed E-state index contributed by atoms with van der Waals surface area (Å²) in [6, 6.07) is 8.60. The van der Waals surface area contributed by atoms with Crippen LogP contribution in [-0.2, 0) is 19.5 Å². The van der Waals surface area contributed by atoms with Crippen LogP contribution in [0.5, 0.6) is 0 Å². The van der Waals surface area contributed by atoms with Gasteiger partial charge in [0, 0.05) is 25.0 Å². The van der Waals surface area contributed by atoms with Crippen LogP contribution in [0, 0.1) is 12.8 Å². The second-order valence-electron chi connectivity index (χ2n) is 7.78. The average molecular weight is 414 g/mol. The van der Waals surface area contributed by atoms with Gasteiger partial charge in [0.25, 0.3) is 0 Å². The molecule has 6 heteroatoms. The molecule has 1 aromatic carbocycles. The quantitative estimate of drug-likeness (QED) is 0.508. The predicted molar refractivity (Wildman–Crippen MR) is 123 cm³/mol. The lowest BCUT2D eigenvalue weighted by Crippen LogP contribution is -2.42. The molecule has 0 spiro atoms. The summed E-state index contributed by atoms with van der Waals surface area (Å²) in [6.45, 7) is 12.3. The van der Waals surface area contributed by atoms with E-state index in [4.69, 9.17) is 4.99 Å². The van der Waals surface area contributed by atoms with Crippen LogP contribution in [0.4, 0.5) is 0 Å². The molecule has 0 unspecified atom stereocenters. The average Bonchev–Trinajstić information content (AvgIpc) is 3.16. The first kappa shape index (κ1) is 21.8. The van der Waals surface area contributed by atoms with Crippen molar-refractivity contribution < 1.29 is 0 Å². The third-order valence-electron chi connectivity index (χ3n) is 5.57. The third kappa shape index (κ3) is 6.82. The van der Waals surface area contributed by atoms with Crippen LogP contribution in [0.3, 0.4) is 0 Å². The molecular weight excluding hydrogens is 378 g/mol. The van der Waals surface area contributed by atoms with Crippen molar-refractivity contribution in [2.75, 3.05) is 26.2 Å². The molecule has 1 aliphatic rings. The van der Waals surface area contributed by atoms with E-state index in [2.05, 4.69) is 70.9 Å². The van der Waals surface area contributed by atoms with Crippen LogP contribution in [0.25, 0.3) is 0 Å². The molecule has 0 atom stereocenters. The Balaban J connectivity index is 1.45. The van der Waals surface area contributed by atoms with Crippen molar-refractivity contribution in [2.45, 2.75) is 53.1 Å². The van der Waals surface area contributed by atoms with Crippen LogP contribution in [0.2, 0.25) is 0 Å². The second-order valence-corrected chi connectivity index (χ2v) is 8.84. The monoisotopic (exact) mass is 413 g/mol. The first-order chi connectivity index (χ1) is 14.2. The van der Waals surface area contributed by atoms with Crippen LogP contribution >= 0.6 is 11.3 Å². The lowest BCUT2D eigenvalue weighted by molar-refractivity contribution is 0.176. The number of benzene rings is 1. The van der Waals surface area contributed by atoms with Crippen molar-refractivity contribution in [3.8, 4) is 0 Å². The van der Waals surface area contributed by atoms with Gasteiger partial charge in [0.1, 0.15) is 0 Å². The summed E-state index contributed by atoms with van der Waals surface area (Å²) in [6.07, 6.45) is 3.51. The Morgan fingerprint density at radius 2 is 1.93 bits per heavy atom. The summed E-state index contributed by atoms with van der Waals surface area (Å²) in [5, 5.41) is 10.3. The van der Waals surface area contributed by atoms with Crippen molar-refractivity contribution in [3.05, 3.63) is 51.5 Å². The summed E-state index contributed by atoms with van der Waals surface area (Å²) < 4.78 is 0.